The lowest BCUT2D eigenvalue weighted by Crippen LogP contribution is -2.48. The molecule has 0 amide bonds. The number of hydrogen-bond donors (Lipinski definition) is 0. The van der Waals surface area contributed by atoms with Crippen molar-refractivity contribution in [2.75, 3.05) is 33.3 Å². The van der Waals surface area contributed by atoms with Gasteiger partial charge in [0.2, 0.25) is 10.0 Å². The lowest BCUT2D eigenvalue weighted by molar-refractivity contribution is 0.101. The van der Waals surface area contributed by atoms with Crippen molar-refractivity contribution in [3.63, 3.8) is 0 Å². The molecule has 29 heavy (non-hydrogen) atoms. The van der Waals surface area contributed by atoms with Crippen LogP contribution in [0, 0.1) is 13.8 Å². The van der Waals surface area contributed by atoms with E-state index >= 15 is 0 Å². The summed E-state index contributed by atoms with van der Waals surface area (Å²) in [6.45, 7) is 8.07. The van der Waals surface area contributed by atoms with Crippen LogP contribution in [0.25, 0.3) is 0 Å². The molecule has 1 aliphatic heterocycles. The Morgan fingerprint density at radius 1 is 1.03 bits per heavy atom. The van der Waals surface area contributed by atoms with Crippen LogP contribution in [0.5, 0.6) is 5.75 Å². The molecule has 0 spiro atoms. The third-order valence-corrected chi connectivity index (χ3v) is 7.42. The zero-order valence-corrected chi connectivity index (χ0v) is 18.3. The summed E-state index contributed by atoms with van der Waals surface area (Å²) in [5.74, 6) is 0.749. The number of methoxy groups -OCH3 is 1. The van der Waals surface area contributed by atoms with Gasteiger partial charge in [0.25, 0.3) is 0 Å². The molecule has 3 rings (SSSR count). The maximum absolute atomic E-state index is 13.1. The summed E-state index contributed by atoms with van der Waals surface area (Å²) in [5, 5.41) is 0. The summed E-state index contributed by atoms with van der Waals surface area (Å²) >= 11 is 0. The smallest absolute Gasteiger partial charge is 0.243 e. The highest BCUT2D eigenvalue weighted by Crippen LogP contribution is 2.25. The SMILES string of the molecule is COc1ccc(C(C)=O)cc1CN1CCN(S(=O)(=O)c2ccc(C)cc2C)CC1. The second kappa shape index (κ2) is 8.65. The number of ether oxygens (including phenoxy) is 1. The summed E-state index contributed by atoms with van der Waals surface area (Å²) in [5.41, 5.74) is 3.41. The topological polar surface area (TPSA) is 66.9 Å². The fourth-order valence-electron chi connectivity index (χ4n) is 3.72. The molecule has 0 aromatic heterocycles. The maximum Gasteiger partial charge on any atom is 0.243 e. The van der Waals surface area contributed by atoms with Gasteiger partial charge >= 0.3 is 0 Å². The van der Waals surface area contributed by atoms with Gasteiger partial charge in [-0.05, 0) is 50.6 Å². The molecule has 0 bridgehead atoms. The lowest BCUT2D eigenvalue weighted by Gasteiger charge is -2.34. The summed E-state index contributed by atoms with van der Waals surface area (Å²) in [7, 11) is -1.89. The van der Waals surface area contributed by atoms with Crippen LogP contribution in [0.1, 0.15) is 34.0 Å². The molecule has 7 heteroatoms. The number of ketones is 1. The lowest BCUT2D eigenvalue weighted by atomic mass is 10.1. The van der Waals surface area contributed by atoms with Gasteiger partial charge < -0.3 is 4.74 Å². The highest BCUT2D eigenvalue weighted by atomic mass is 32.2. The van der Waals surface area contributed by atoms with Crippen molar-refractivity contribution < 1.29 is 17.9 Å². The predicted octanol–water partition coefficient (Wildman–Crippen LogP) is 3.02. The summed E-state index contributed by atoms with van der Waals surface area (Å²) in [6, 6.07) is 10.9. The molecule has 6 nitrogen and oxygen atoms in total. The van der Waals surface area contributed by atoms with E-state index in [-0.39, 0.29) is 5.78 Å². The molecule has 1 fully saturated rings. The molecule has 0 N–H and O–H groups in total. The molecule has 1 heterocycles. The maximum atomic E-state index is 13.1. The molecule has 0 aliphatic carbocycles. The number of nitrogens with zero attached hydrogens (tertiary/aromatic N) is 2. The van der Waals surface area contributed by atoms with Crippen LogP contribution in [-0.2, 0) is 16.6 Å². The van der Waals surface area contributed by atoms with E-state index in [0.717, 1.165) is 22.4 Å². The molecule has 1 saturated heterocycles. The molecule has 2 aromatic carbocycles. The third-order valence-electron chi connectivity index (χ3n) is 5.36. The van der Waals surface area contributed by atoms with Crippen molar-refractivity contribution in [1.82, 2.24) is 9.21 Å². The molecule has 0 unspecified atom stereocenters. The van der Waals surface area contributed by atoms with Gasteiger partial charge in [-0.3, -0.25) is 9.69 Å². The van der Waals surface area contributed by atoms with Crippen molar-refractivity contribution in [3.05, 3.63) is 58.7 Å². The van der Waals surface area contributed by atoms with Crippen molar-refractivity contribution in [3.8, 4) is 5.75 Å². The first kappa shape index (κ1) is 21.5. The fourth-order valence-corrected chi connectivity index (χ4v) is 5.35. The highest BCUT2D eigenvalue weighted by molar-refractivity contribution is 7.89. The number of sulfonamides is 1. The highest BCUT2D eigenvalue weighted by Gasteiger charge is 2.29. The molecule has 1 aliphatic rings. The van der Waals surface area contributed by atoms with Crippen molar-refractivity contribution in [2.45, 2.75) is 32.2 Å². The zero-order chi connectivity index (χ0) is 21.2. The van der Waals surface area contributed by atoms with Crippen LogP contribution in [0.3, 0.4) is 0 Å². The number of carbonyl (C=O) groups excluding carboxylic acids is 1. The van der Waals surface area contributed by atoms with E-state index in [0.29, 0.717) is 43.2 Å². The number of piperazine rings is 1. The van der Waals surface area contributed by atoms with Crippen LogP contribution < -0.4 is 4.74 Å². The van der Waals surface area contributed by atoms with Crippen LogP contribution in [0.4, 0.5) is 0 Å². The number of hydrogen-bond acceptors (Lipinski definition) is 5. The zero-order valence-electron chi connectivity index (χ0n) is 17.4. The Labute approximate surface area is 173 Å². The van der Waals surface area contributed by atoms with Gasteiger partial charge in [0.1, 0.15) is 5.75 Å². The molecule has 0 radical (unpaired) electrons. The average Bonchev–Trinajstić information content (AvgIpc) is 2.68. The molecular weight excluding hydrogens is 388 g/mol. The first-order valence-corrected chi connectivity index (χ1v) is 11.1. The predicted molar refractivity (Wildman–Crippen MR) is 113 cm³/mol. The average molecular weight is 417 g/mol. The quantitative estimate of drug-likeness (QED) is 0.677. The minimum absolute atomic E-state index is 0.0123. The number of rotatable bonds is 6. The molecule has 2 aromatic rings. The second-order valence-corrected chi connectivity index (χ2v) is 9.44. The van der Waals surface area contributed by atoms with Crippen molar-refractivity contribution in [1.29, 1.82) is 0 Å². The molecule has 156 valence electrons. The van der Waals surface area contributed by atoms with Gasteiger partial charge in [-0.15, -0.1) is 0 Å². The van der Waals surface area contributed by atoms with Gasteiger partial charge in [-0.1, -0.05) is 17.7 Å². The van der Waals surface area contributed by atoms with Gasteiger partial charge in [0.05, 0.1) is 12.0 Å². The molecular formula is C22H28N2O4S. The van der Waals surface area contributed by atoms with Crippen LogP contribution in [0.2, 0.25) is 0 Å². The van der Waals surface area contributed by atoms with Crippen molar-refractivity contribution >= 4 is 15.8 Å². The standard InChI is InChI=1S/C22H28N2O4S/c1-16-5-8-22(17(2)13-16)29(26,27)24-11-9-23(10-12-24)15-20-14-19(18(3)25)6-7-21(20)28-4/h5-8,13-14H,9-12,15H2,1-4H3. The summed E-state index contributed by atoms with van der Waals surface area (Å²) in [6.07, 6.45) is 0. The number of carbonyl (C=O) groups is 1. The number of benzene rings is 2. The van der Waals surface area contributed by atoms with E-state index in [1.54, 1.807) is 30.5 Å². The van der Waals surface area contributed by atoms with E-state index < -0.39 is 10.0 Å². The Kier molecular flexibility index (Phi) is 6.41. The monoisotopic (exact) mass is 416 g/mol. The second-order valence-electron chi connectivity index (χ2n) is 7.53. The fraction of sp³-hybridized carbons (Fsp3) is 0.409. The Morgan fingerprint density at radius 2 is 1.72 bits per heavy atom. The Balaban J connectivity index is 1.71. The minimum atomic E-state index is -3.50. The van der Waals surface area contributed by atoms with Gasteiger partial charge in [0.15, 0.2) is 5.78 Å². The Morgan fingerprint density at radius 3 is 2.31 bits per heavy atom. The normalized spacial score (nSPS) is 16.0. The Hall–Kier alpha value is -2.22. The third kappa shape index (κ3) is 4.69. The van der Waals surface area contributed by atoms with Crippen LogP contribution in [-0.4, -0.2) is 56.7 Å². The van der Waals surface area contributed by atoms with E-state index in [1.807, 2.05) is 38.1 Å². The first-order valence-electron chi connectivity index (χ1n) is 9.70. The van der Waals surface area contributed by atoms with Gasteiger partial charge in [0, 0.05) is 43.9 Å². The summed E-state index contributed by atoms with van der Waals surface area (Å²) in [4.78, 5) is 14.3. The molecule has 0 saturated carbocycles. The van der Waals surface area contributed by atoms with E-state index in [9.17, 15) is 13.2 Å². The number of aryl methyl sites for hydroxylation is 2. The van der Waals surface area contributed by atoms with E-state index in [1.165, 1.54) is 0 Å². The van der Waals surface area contributed by atoms with Gasteiger partial charge in [-0.2, -0.15) is 4.31 Å². The minimum Gasteiger partial charge on any atom is -0.496 e. The molecule has 0 atom stereocenters. The van der Waals surface area contributed by atoms with Crippen molar-refractivity contribution in [2.24, 2.45) is 0 Å². The first-order chi connectivity index (χ1) is 13.7. The largest absolute Gasteiger partial charge is 0.496 e. The van der Waals surface area contributed by atoms with Crippen LogP contribution >= 0.6 is 0 Å². The summed E-state index contributed by atoms with van der Waals surface area (Å²) < 4.78 is 33.1. The van der Waals surface area contributed by atoms with E-state index in [4.69, 9.17) is 4.74 Å². The number of Topliss-reactive ketones (excluding diaryl/α,β-unsaturated/α-hetero) is 1. The Bertz CT molecular complexity index is 1010. The van der Waals surface area contributed by atoms with E-state index in [2.05, 4.69) is 4.90 Å². The van der Waals surface area contributed by atoms with Crippen LogP contribution in [0.15, 0.2) is 41.3 Å². The van der Waals surface area contributed by atoms with Gasteiger partial charge in [-0.25, -0.2) is 8.42 Å².